The molecule has 0 radical (unpaired) electrons. The van der Waals surface area contributed by atoms with E-state index in [2.05, 4.69) is 56.4 Å². The number of hydrogen-bond donors (Lipinski definition) is 0. The monoisotopic (exact) mass is 248 g/mol. The molecule has 2 rings (SSSR count). The summed E-state index contributed by atoms with van der Waals surface area (Å²) in [5.41, 5.74) is 4.50. The first kappa shape index (κ1) is 11.7. The van der Waals surface area contributed by atoms with Gasteiger partial charge < -0.3 is 0 Å². The van der Waals surface area contributed by atoms with Crippen molar-refractivity contribution < 1.29 is 0 Å². The van der Waals surface area contributed by atoms with E-state index in [-0.39, 0.29) is 0 Å². The van der Waals surface area contributed by atoms with Gasteiger partial charge in [0.05, 0.1) is 0 Å². The van der Waals surface area contributed by atoms with Crippen LogP contribution in [0.2, 0.25) is 18.6 Å². The Morgan fingerprint density at radius 2 is 1.75 bits per heavy atom. The lowest BCUT2D eigenvalue weighted by Gasteiger charge is -2.21. The van der Waals surface area contributed by atoms with E-state index < -0.39 is 7.38 Å². The van der Waals surface area contributed by atoms with Crippen molar-refractivity contribution in [2.45, 2.75) is 25.6 Å². The van der Waals surface area contributed by atoms with Crippen molar-refractivity contribution in [1.29, 1.82) is 0 Å². The summed E-state index contributed by atoms with van der Waals surface area (Å²) in [4.78, 5) is 0. The smallest absolute Gasteiger partial charge is 0.161 e. The highest BCUT2D eigenvalue weighted by molar-refractivity contribution is 7.20. The third-order valence-corrected chi connectivity index (χ3v) is 5.87. The molecule has 0 bridgehead atoms. The summed E-state index contributed by atoms with van der Waals surface area (Å²) >= 11 is 6.54. The van der Waals surface area contributed by atoms with Gasteiger partial charge in [0, 0.05) is 5.54 Å². The predicted molar refractivity (Wildman–Crippen MR) is 75.3 cm³/mol. The van der Waals surface area contributed by atoms with E-state index in [0.29, 0.717) is 5.54 Å². The Morgan fingerprint density at radius 3 is 2.25 bits per heavy atom. The van der Waals surface area contributed by atoms with Gasteiger partial charge in [-0.3, -0.25) is 0 Å². The first-order valence-corrected chi connectivity index (χ1v) is 9.72. The summed E-state index contributed by atoms with van der Waals surface area (Å²) in [5.74, 6) is 0. The van der Waals surface area contributed by atoms with Gasteiger partial charge in [-0.1, -0.05) is 61.2 Å². The summed E-state index contributed by atoms with van der Waals surface area (Å²) < 4.78 is 0. The van der Waals surface area contributed by atoms with Crippen molar-refractivity contribution in [3.63, 3.8) is 0 Å². The largest absolute Gasteiger partial charge is 0.167 e. The van der Waals surface area contributed by atoms with Crippen LogP contribution in [0.4, 0.5) is 0 Å². The van der Waals surface area contributed by atoms with E-state index >= 15 is 0 Å². The molecule has 1 aromatic carbocycles. The highest BCUT2D eigenvalue weighted by atomic mass is 35.6. The van der Waals surface area contributed by atoms with Gasteiger partial charge in [-0.05, 0) is 18.1 Å². The molecule has 1 unspecified atom stereocenters. The second kappa shape index (κ2) is 4.23. The Hall–Kier alpha value is -0.793. The molecule has 2 heteroatoms. The maximum absolute atomic E-state index is 6.54. The molecular weight excluding hydrogens is 232 g/mol. The van der Waals surface area contributed by atoms with Gasteiger partial charge in [-0.15, -0.1) is 0 Å². The Labute approximate surface area is 103 Å². The molecule has 1 aliphatic carbocycles. The number of halogens is 1. The molecule has 0 amide bonds. The Bertz CT molecular complexity index is 438. The zero-order chi connectivity index (χ0) is 11.8. The fourth-order valence-corrected chi connectivity index (χ4v) is 4.69. The average Bonchev–Trinajstić information content (AvgIpc) is 2.61. The second-order valence-electron chi connectivity index (χ2n) is 4.92. The van der Waals surface area contributed by atoms with Crippen LogP contribution >= 0.6 is 11.1 Å². The molecule has 1 atom stereocenters. The molecule has 0 aliphatic heterocycles. The van der Waals surface area contributed by atoms with Gasteiger partial charge in [0.25, 0.3) is 0 Å². The lowest BCUT2D eigenvalue weighted by molar-refractivity contribution is 1.19. The van der Waals surface area contributed by atoms with E-state index in [1.165, 1.54) is 16.7 Å². The third kappa shape index (κ3) is 2.31. The maximum atomic E-state index is 6.54. The predicted octanol–water partition coefficient (Wildman–Crippen LogP) is 4.84. The fraction of sp³-hybridized carbons (Fsp3) is 0.286. The molecule has 0 heterocycles. The number of hydrogen-bond acceptors (Lipinski definition) is 0. The molecule has 0 fully saturated rings. The minimum Gasteiger partial charge on any atom is -0.167 e. The topological polar surface area (TPSA) is 0 Å². The highest BCUT2D eigenvalue weighted by Crippen LogP contribution is 2.41. The maximum Gasteiger partial charge on any atom is 0.161 e. The van der Waals surface area contributed by atoms with Gasteiger partial charge in [0.15, 0.2) is 7.38 Å². The molecule has 0 aromatic heterocycles. The molecule has 0 N–H and O–H groups in total. The summed E-state index contributed by atoms with van der Waals surface area (Å²) in [5, 5.41) is 0. The van der Waals surface area contributed by atoms with Crippen molar-refractivity contribution in [1.82, 2.24) is 0 Å². The van der Waals surface area contributed by atoms with Gasteiger partial charge in [-0.2, -0.15) is 11.1 Å². The van der Waals surface area contributed by atoms with Crippen molar-refractivity contribution in [2.24, 2.45) is 0 Å². The summed E-state index contributed by atoms with van der Waals surface area (Å²) in [6, 6.07) is 10.5. The minimum atomic E-state index is -1.63. The van der Waals surface area contributed by atoms with Crippen LogP contribution in [0.15, 0.2) is 48.1 Å². The van der Waals surface area contributed by atoms with E-state index in [0.717, 1.165) is 0 Å². The van der Waals surface area contributed by atoms with Crippen LogP contribution in [0.25, 0.3) is 5.57 Å². The molecule has 16 heavy (non-hydrogen) atoms. The number of rotatable bonds is 2. The summed E-state index contributed by atoms with van der Waals surface area (Å²) in [6.07, 6.45) is 4.61. The van der Waals surface area contributed by atoms with Crippen LogP contribution in [0.3, 0.4) is 0 Å². The Balaban J connectivity index is 2.34. The molecule has 84 valence electrons. The van der Waals surface area contributed by atoms with Crippen molar-refractivity contribution in [2.75, 3.05) is 0 Å². The molecule has 1 aromatic rings. The van der Waals surface area contributed by atoms with Crippen LogP contribution in [0.5, 0.6) is 0 Å². The molecular formula is C14H17ClSi. The summed E-state index contributed by atoms with van der Waals surface area (Å²) in [7, 11) is -1.63. The SMILES string of the molecule is CC1=CC(c2ccccc2)=CC1[Si](C)(C)Cl. The van der Waals surface area contributed by atoms with E-state index in [9.17, 15) is 0 Å². The molecule has 0 saturated carbocycles. The Kier molecular flexibility index (Phi) is 3.09. The first-order chi connectivity index (χ1) is 7.48. The van der Waals surface area contributed by atoms with Gasteiger partial charge >= 0.3 is 0 Å². The summed E-state index contributed by atoms with van der Waals surface area (Å²) in [6.45, 7) is 6.61. The van der Waals surface area contributed by atoms with Crippen LogP contribution in [0, 0.1) is 0 Å². The molecule has 0 saturated heterocycles. The lowest BCUT2D eigenvalue weighted by atomic mass is 10.1. The first-order valence-electron chi connectivity index (χ1n) is 5.63. The lowest BCUT2D eigenvalue weighted by Crippen LogP contribution is -2.23. The number of benzene rings is 1. The second-order valence-corrected chi connectivity index (χ2v) is 11.6. The average molecular weight is 249 g/mol. The van der Waals surface area contributed by atoms with Crippen molar-refractivity contribution in [3.8, 4) is 0 Å². The third-order valence-electron chi connectivity index (χ3n) is 3.07. The zero-order valence-electron chi connectivity index (χ0n) is 10.00. The zero-order valence-corrected chi connectivity index (χ0v) is 11.8. The normalized spacial score (nSPS) is 20.6. The Morgan fingerprint density at radius 1 is 1.12 bits per heavy atom. The van der Waals surface area contributed by atoms with Crippen molar-refractivity contribution >= 4 is 24.0 Å². The van der Waals surface area contributed by atoms with Crippen LogP contribution < -0.4 is 0 Å². The van der Waals surface area contributed by atoms with Crippen LogP contribution in [-0.2, 0) is 0 Å². The molecule has 0 spiro atoms. The van der Waals surface area contributed by atoms with E-state index in [4.69, 9.17) is 11.1 Å². The van der Waals surface area contributed by atoms with Crippen molar-refractivity contribution in [3.05, 3.63) is 53.6 Å². The standard InChI is InChI=1S/C14H17ClSi/c1-11-9-13(10-14(11)16(2,3)15)12-7-5-4-6-8-12/h4-10,14H,1-3H3. The van der Waals surface area contributed by atoms with Crippen LogP contribution in [0.1, 0.15) is 12.5 Å². The quantitative estimate of drug-likeness (QED) is 0.519. The molecule has 1 aliphatic rings. The van der Waals surface area contributed by atoms with Gasteiger partial charge in [-0.25, -0.2) is 0 Å². The van der Waals surface area contributed by atoms with E-state index in [1.807, 2.05) is 6.07 Å². The van der Waals surface area contributed by atoms with E-state index in [1.54, 1.807) is 0 Å². The van der Waals surface area contributed by atoms with Gasteiger partial charge in [0.2, 0.25) is 0 Å². The highest BCUT2D eigenvalue weighted by Gasteiger charge is 2.32. The fourth-order valence-electron chi connectivity index (χ4n) is 2.24. The van der Waals surface area contributed by atoms with Crippen LogP contribution in [-0.4, -0.2) is 7.38 Å². The number of allylic oxidation sites excluding steroid dienone is 4. The minimum absolute atomic E-state index is 0.476. The molecule has 0 nitrogen and oxygen atoms in total. The van der Waals surface area contributed by atoms with Gasteiger partial charge in [0.1, 0.15) is 0 Å².